The number of hydrogen-bond acceptors (Lipinski definition) is 4. The molecular formula is C18H23ClN2O2S. The highest BCUT2D eigenvalue weighted by Gasteiger charge is 2.16. The summed E-state index contributed by atoms with van der Waals surface area (Å²) in [6.07, 6.45) is 0.553. The molecule has 1 saturated heterocycles. The van der Waals surface area contributed by atoms with Gasteiger partial charge in [-0.05, 0) is 34.5 Å². The van der Waals surface area contributed by atoms with Crippen LogP contribution in [-0.2, 0) is 11.3 Å². The predicted molar refractivity (Wildman–Crippen MR) is 103 cm³/mol. The van der Waals surface area contributed by atoms with Crippen LogP contribution in [0.4, 0.5) is 0 Å². The fourth-order valence-electron chi connectivity index (χ4n) is 2.76. The van der Waals surface area contributed by atoms with Crippen molar-refractivity contribution in [2.45, 2.75) is 19.0 Å². The number of halogens is 1. The van der Waals surface area contributed by atoms with Gasteiger partial charge in [0.15, 0.2) is 0 Å². The van der Waals surface area contributed by atoms with E-state index in [1.54, 1.807) is 7.11 Å². The monoisotopic (exact) mass is 366 g/mol. The van der Waals surface area contributed by atoms with Gasteiger partial charge in [-0.2, -0.15) is 11.8 Å². The van der Waals surface area contributed by atoms with E-state index in [1.807, 2.05) is 30.0 Å². The number of methoxy groups -OCH3 is 1. The molecule has 3 rings (SSSR count). The molecule has 1 atom stereocenters. The molecule has 1 fully saturated rings. The largest absolute Gasteiger partial charge is 0.497 e. The van der Waals surface area contributed by atoms with E-state index in [0.717, 1.165) is 40.1 Å². The number of carbonyl (C=O) groups is 1. The van der Waals surface area contributed by atoms with Gasteiger partial charge in [0.2, 0.25) is 5.91 Å². The molecule has 0 radical (unpaired) electrons. The van der Waals surface area contributed by atoms with Crippen LogP contribution in [0.3, 0.4) is 0 Å². The molecule has 1 aliphatic heterocycles. The smallest absolute Gasteiger partial charge is 0.221 e. The van der Waals surface area contributed by atoms with Crippen LogP contribution in [0.2, 0.25) is 0 Å². The second-order valence-corrected chi connectivity index (χ2v) is 6.90. The van der Waals surface area contributed by atoms with Gasteiger partial charge in [-0.1, -0.05) is 18.2 Å². The zero-order valence-corrected chi connectivity index (χ0v) is 15.3. The van der Waals surface area contributed by atoms with Crippen LogP contribution in [0.1, 0.15) is 12.0 Å². The summed E-state index contributed by atoms with van der Waals surface area (Å²) in [6.45, 7) is 1.57. The fourth-order valence-corrected chi connectivity index (χ4v) is 3.71. The number of thioether (sulfide) groups is 1. The number of nitrogens with one attached hydrogen (secondary N) is 2. The molecule has 0 spiro atoms. The van der Waals surface area contributed by atoms with Crippen LogP contribution in [0.15, 0.2) is 36.4 Å². The Balaban J connectivity index is 0.00000208. The number of carbonyl (C=O) groups excluding carboxylic acids is 1. The Bertz CT molecular complexity index is 690. The van der Waals surface area contributed by atoms with Crippen molar-refractivity contribution in [3.05, 3.63) is 42.0 Å². The topological polar surface area (TPSA) is 50.4 Å². The maximum absolute atomic E-state index is 12.1. The first-order valence-corrected chi connectivity index (χ1v) is 9.04. The number of benzene rings is 2. The van der Waals surface area contributed by atoms with Crippen molar-refractivity contribution < 1.29 is 9.53 Å². The van der Waals surface area contributed by atoms with E-state index in [2.05, 4.69) is 28.8 Å². The number of amides is 1. The molecule has 1 aliphatic rings. The summed E-state index contributed by atoms with van der Waals surface area (Å²) in [5, 5.41) is 8.71. The minimum absolute atomic E-state index is 0. The SMILES string of the molecule is COc1ccc2cc(CNC(=O)CC3CSCCN3)ccc2c1.Cl. The Hall–Kier alpha value is -1.43. The normalized spacial score (nSPS) is 17.1. The van der Waals surface area contributed by atoms with Gasteiger partial charge in [0.25, 0.3) is 0 Å². The summed E-state index contributed by atoms with van der Waals surface area (Å²) < 4.78 is 5.24. The quantitative estimate of drug-likeness (QED) is 0.854. The first-order chi connectivity index (χ1) is 11.2. The first-order valence-electron chi connectivity index (χ1n) is 7.89. The predicted octanol–water partition coefficient (Wildman–Crippen LogP) is 2.98. The Kier molecular flexibility index (Phi) is 7.21. The summed E-state index contributed by atoms with van der Waals surface area (Å²) in [7, 11) is 1.67. The molecule has 2 aromatic rings. The van der Waals surface area contributed by atoms with Gasteiger partial charge in [0, 0.05) is 37.1 Å². The van der Waals surface area contributed by atoms with Crippen molar-refractivity contribution in [3.8, 4) is 5.75 Å². The lowest BCUT2D eigenvalue weighted by atomic mass is 10.1. The average Bonchev–Trinajstić information content (AvgIpc) is 2.60. The summed E-state index contributed by atoms with van der Waals surface area (Å²) in [6, 6.07) is 12.6. The molecule has 0 aliphatic carbocycles. The molecule has 4 nitrogen and oxygen atoms in total. The Labute approximate surface area is 153 Å². The van der Waals surface area contributed by atoms with Crippen LogP contribution in [0, 0.1) is 0 Å². The summed E-state index contributed by atoms with van der Waals surface area (Å²) >= 11 is 1.91. The minimum Gasteiger partial charge on any atom is -0.497 e. The second-order valence-electron chi connectivity index (χ2n) is 5.75. The lowest BCUT2D eigenvalue weighted by molar-refractivity contribution is -0.121. The van der Waals surface area contributed by atoms with E-state index in [-0.39, 0.29) is 18.3 Å². The van der Waals surface area contributed by atoms with E-state index >= 15 is 0 Å². The van der Waals surface area contributed by atoms with Crippen LogP contribution in [-0.4, -0.2) is 37.1 Å². The van der Waals surface area contributed by atoms with Crippen molar-refractivity contribution in [1.82, 2.24) is 10.6 Å². The van der Waals surface area contributed by atoms with Crippen LogP contribution >= 0.6 is 24.2 Å². The van der Waals surface area contributed by atoms with Crippen LogP contribution in [0.5, 0.6) is 5.75 Å². The summed E-state index contributed by atoms with van der Waals surface area (Å²) in [4.78, 5) is 12.1. The molecule has 24 heavy (non-hydrogen) atoms. The van der Waals surface area contributed by atoms with Crippen molar-refractivity contribution in [2.75, 3.05) is 25.2 Å². The van der Waals surface area contributed by atoms with E-state index in [4.69, 9.17) is 4.74 Å². The Morgan fingerprint density at radius 1 is 1.29 bits per heavy atom. The van der Waals surface area contributed by atoms with Crippen molar-refractivity contribution in [3.63, 3.8) is 0 Å². The molecule has 2 N–H and O–H groups in total. The Morgan fingerprint density at radius 2 is 2.08 bits per heavy atom. The van der Waals surface area contributed by atoms with Crippen molar-refractivity contribution in [1.29, 1.82) is 0 Å². The number of fused-ring (bicyclic) bond motifs is 1. The van der Waals surface area contributed by atoms with Gasteiger partial charge in [-0.3, -0.25) is 4.79 Å². The second kappa shape index (κ2) is 9.16. The molecule has 130 valence electrons. The van der Waals surface area contributed by atoms with Gasteiger partial charge in [0.1, 0.15) is 5.75 Å². The van der Waals surface area contributed by atoms with Gasteiger partial charge in [0.05, 0.1) is 7.11 Å². The Morgan fingerprint density at radius 3 is 2.83 bits per heavy atom. The maximum Gasteiger partial charge on any atom is 0.221 e. The highest BCUT2D eigenvalue weighted by molar-refractivity contribution is 7.99. The first kappa shape index (κ1) is 18.9. The van der Waals surface area contributed by atoms with Gasteiger partial charge >= 0.3 is 0 Å². The third-order valence-corrected chi connectivity index (χ3v) is 5.16. The van der Waals surface area contributed by atoms with E-state index in [1.165, 1.54) is 0 Å². The zero-order valence-electron chi connectivity index (χ0n) is 13.7. The highest BCUT2D eigenvalue weighted by Crippen LogP contribution is 2.21. The molecule has 1 heterocycles. The fraction of sp³-hybridized carbons (Fsp3) is 0.389. The highest BCUT2D eigenvalue weighted by atomic mass is 35.5. The lowest BCUT2D eigenvalue weighted by Crippen LogP contribution is -2.41. The summed E-state index contributed by atoms with van der Waals surface area (Å²) in [5.74, 6) is 3.13. The third kappa shape index (κ3) is 5.03. The van der Waals surface area contributed by atoms with Gasteiger partial charge < -0.3 is 15.4 Å². The average molecular weight is 367 g/mol. The van der Waals surface area contributed by atoms with E-state index in [9.17, 15) is 4.79 Å². The molecule has 0 aromatic heterocycles. The van der Waals surface area contributed by atoms with Gasteiger partial charge in [-0.25, -0.2) is 0 Å². The molecule has 2 aromatic carbocycles. The standard InChI is InChI=1S/C18H22N2O2S.ClH/c1-22-17-5-4-14-8-13(2-3-15(14)9-17)11-20-18(21)10-16-12-23-7-6-19-16;/h2-5,8-9,16,19H,6-7,10-12H2,1H3,(H,20,21);1H. The third-order valence-electron chi connectivity index (χ3n) is 4.03. The van der Waals surface area contributed by atoms with Gasteiger partial charge in [-0.15, -0.1) is 12.4 Å². The van der Waals surface area contributed by atoms with Crippen LogP contribution < -0.4 is 15.4 Å². The number of hydrogen-bond donors (Lipinski definition) is 2. The minimum atomic E-state index is 0. The molecular weight excluding hydrogens is 344 g/mol. The molecule has 6 heteroatoms. The van der Waals surface area contributed by atoms with Crippen LogP contribution in [0.25, 0.3) is 10.8 Å². The number of rotatable bonds is 5. The van der Waals surface area contributed by atoms with Crippen molar-refractivity contribution >= 4 is 40.8 Å². The maximum atomic E-state index is 12.1. The molecule has 0 bridgehead atoms. The zero-order chi connectivity index (χ0) is 16.1. The van der Waals surface area contributed by atoms with Crippen molar-refractivity contribution in [2.24, 2.45) is 0 Å². The number of ether oxygens (including phenoxy) is 1. The van der Waals surface area contributed by atoms with E-state index in [0.29, 0.717) is 19.0 Å². The summed E-state index contributed by atoms with van der Waals surface area (Å²) in [5.41, 5.74) is 1.11. The molecule has 0 saturated carbocycles. The lowest BCUT2D eigenvalue weighted by Gasteiger charge is -2.22. The molecule has 1 unspecified atom stereocenters. The molecule has 1 amide bonds. The van der Waals surface area contributed by atoms with E-state index < -0.39 is 0 Å².